The van der Waals surface area contributed by atoms with E-state index in [0.717, 1.165) is 19.4 Å². The largest absolute Gasteiger partial charge is 0.364 e. The molecule has 86 valence electrons. The molecule has 1 fully saturated rings. The van der Waals surface area contributed by atoms with Crippen molar-refractivity contribution >= 4 is 5.97 Å². The van der Waals surface area contributed by atoms with E-state index in [1.165, 1.54) is 0 Å². The molecular formula is C12H16N2O2. The van der Waals surface area contributed by atoms with Crippen molar-refractivity contribution in [1.29, 1.82) is 0 Å². The second-order valence-corrected chi connectivity index (χ2v) is 4.04. The molecule has 1 aromatic carbocycles. The van der Waals surface area contributed by atoms with E-state index in [4.69, 9.17) is 10.6 Å². The number of piperidine rings is 1. The molecule has 0 radical (unpaired) electrons. The zero-order valence-corrected chi connectivity index (χ0v) is 9.13. The Bertz CT molecular complexity index is 353. The van der Waals surface area contributed by atoms with Crippen molar-refractivity contribution in [3.8, 4) is 0 Å². The van der Waals surface area contributed by atoms with Gasteiger partial charge in [0.1, 0.15) is 0 Å². The van der Waals surface area contributed by atoms with Gasteiger partial charge >= 0.3 is 5.97 Å². The zero-order valence-electron chi connectivity index (χ0n) is 9.13. The molecular weight excluding hydrogens is 204 g/mol. The molecule has 1 saturated heterocycles. The molecule has 0 aromatic heterocycles. The van der Waals surface area contributed by atoms with E-state index >= 15 is 0 Å². The fourth-order valence-electron chi connectivity index (χ4n) is 1.80. The normalized spacial score (nSPS) is 21.7. The molecule has 0 bridgehead atoms. The molecule has 0 spiro atoms. The fraction of sp³-hybridized carbons (Fsp3) is 0.417. The van der Waals surface area contributed by atoms with Gasteiger partial charge in [-0.2, -0.15) is 0 Å². The lowest BCUT2D eigenvalue weighted by Gasteiger charge is -2.28. The average molecular weight is 220 g/mol. The molecule has 1 aromatic rings. The lowest BCUT2D eigenvalue weighted by Crippen LogP contribution is -2.43. The smallest absolute Gasteiger partial charge is 0.357 e. The number of nitrogens with zero attached hydrogens (tertiary/aromatic N) is 1. The highest BCUT2D eigenvalue weighted by Gasteiger charge is 2.20. The lowest BCUT2D eigenvalue weighted by molar-refractivity contribution is -0.122. The van der Waals surface area contributed by atoms with E-state index < -0.39 is 0 Å². The summed E-state index contributed by atoms with van der Waals surface area (Å²) in [6.45, 7) is 1.39. The molecule has 4 heteroatoms. The van der Waals surface area contributed by atoms with Gasteiger partial charge in [-0.05, 0) is 25.0 Å². The lowest BCUT2D eigenvalue weighted by atomic mass is 10.1. The first-order valence-corrected chi connectivity index (χ1v) is 5.53. The Morgan fingerprint density at radius 1 is 1.38 bits per heavy atom. The predicted molar refractivity (Wildman–Crippen MR) is 60.6 cm³/mol. The van der Waals surface area contributed by atoms with Crippen molar-refractivity contribution in [1.82, 2.24) is 5.06 Å². The number of nitrogens with two attached hydrogens (primary N) is 1. The van der Waals surface area contributed by atoms with Crippen LogP contribution in [0.2, 0.25) is 0 Å². The van der Waals surface area contributed by atoms with E-state index in [1.807, 2.05) is 18.2 Å². The van der Waals surface area contributed by atoms with Crippen LogP contribution in [-0.4, -0.2) is 30.2 Å². The number of hydroxylamine groups is 2. The van der Waals surface area contributed by atoms with Crippen molar-refractivity contribution in [2.75, 3.05) is 13.1 Å². The minimum Gasteiger partial charge on any atom is -0.364 e. The summed E-state index contributed by atoms with van der Waals surface area (Å²) in [5.41, 5.74) is 6.38. The summed E-state index contributed by atoms with van der Waals surface area (Å²) in [5, 5.41) is 1.66. The standard InChI is InChI=1S/C12H16N2O2/c13-11-7-4-8-14(9-11)16-12(15)10-5-2-1-3-6-10/h1-3,5-6,11H,4,7-9,13H2/t11-/m1/s1. The Hall–Kier alpha value is -1.39. The van der Waals surface area contributed by atoms with Crippen LogP contribution < -0.4 is 5.73 Å². The number of rotatable bonds is 2. The molecule has 0 unspecified atom stereocenters. The maximum absolute atomic E-state index is 11.7. The van der Waals surface area contributed by atoms with E-state index in [-0.39, 0.29) is 12.0 Å². The quantitative estimate of drug-likeness (QED) is 0.813. The fourth-order valence-corrected chi connectivity index (χ4v) is 1.80. The van der Waals surface area contributed by atoms with Crippen LogP contribution in [0, 0.1) is 0 Å². The topological polar surface area (TPSA) is 55.6 Å². The van der Waals surface area contributed by atoms with E-state index in [2.05, 4.69) is 0 Å². The van der Waals surface area contributed by atoms with Crippen LogP contribution in [0.3, 0.4) is 0 Å². The van der Waals surface area contributed by atoms with Crippen LogP contribution in [0.1, 0.15) is 23.2 Å². The van der Waals surface area contributed by atoms with Gasteiger partial charge in [0, 0.05) is 12.6 Å². The van der Waals surface area contributed by atoms with Crippen LogP contribution in [0.15, 0.2) is 30.3 Å². The predicted octanol–water partition coefficient (Wildman–Crippen LogP) is 1.18. The van der Waals surface area contributed by atoms with Crippen molar-refractivity contribution in [3.63, 3.8) is 0 Å². The van der Waals surface area contributed by atoms with Gasteiger partial charge in [0.25, 0.3) is 0 Å². The number of hydrogen-bond donors (Lipinski definition) is 1. The van der Waals surface area contributed by atoms with Gasteiger partial charge in [0.05, 0.1) is 12.1 Å². The summed E-state index contributed by atoms with van der Waals surface area (Å²) in [7, 11) is 0. The van der Waals surface area contributed by atoms with Crippen LogP contribution >= 0.6 is 0 Å². The van der Waals surface area contributed by atoms with Crippen molar-refractivity contribution in [3.05, 3.63) is 35.9 Å². The first kappa shape index (κ1) is 11.1. The van der Waals surface area contributed by atoms with Crippen molar-refractivity contribution in [2.45, 2.75) is 18.9 Å². The number of benzene rings is 1. The highest BCUT2D eigenvalue weighted by atomic mass is 16.7. The summed E-state index contributed by atoms with van der Waals surface area (Å²) in [5.74, 6) is -0.310. The van der Waals surface area contributed by atoms with Crippen molar-refractivity contribution in [2.24, 2.45) is 5.73 Å². The van der Waals surface area contributed by atoms with Gasteiger partial charge in [-0.1, -0.05) is 18.2 Å². The summed E-state index contributed by atoms with van der Waals surface area (Å²) in [6.07, 6.45) is 1.97. The third kappa shape index (κ3) is 2.81. The summed E-state index contributed by atoms with van der Waals surface area (Å²) >= 11 is 0. The molecule has 1 aliphatic rings. The van der Waals surface area contributed by atoms with E-state index in [1.54, 1.807) is 17.2 Å². The summed E-state index contributed by atoms with van der Waals surface area (Å²) < 4.78 is 0. The zero-order chi connectivity index (χ0) is 11.4. The Kier molecular flexibility index (Phi) is 3.54. The Morgan fingerprint density at radius 3 is 2.81 bits per heavy atom. The molecule has 1 aliphatic heterocycles. The maximum atomic E-state index is 11.7. The van der Waals surface area contributed by atoms with Gasteiger partial charge in [0.15, 0.2) is 0 Å². The molecule has 4 nitrogen and oxygen atoms in total. The third-order valence-corrected chi connectivity index (χ3v) is 2.64. The van der Waals surface area contributed by atoms with Gasteiger partial charge < -0.3 is 10.6 Å². The van der Waals surface area contributed by atoms with Crippen LogP contribution in [0.5, 0.6) is 0 Å². The highest BCUT2D eigenvalue weighted by molar-refractivity contribution is 5.89. The van der Waals surface area contributed by atoms with Gasteiger partial charge in [-0.3, -0.25) is 0 Å². The summed E-state index contributed by atoms with van der Waals surface area (Å²) in [4.78, 5) is 17.0. The van der Waals surface area contributed by atoms with E-state index in [9.17, 15) is 4.79 Å². The highest BCUT2D eigenvalue weighted by Crippen LogP contribution is 2.10. The van der Waals surface area contributed by atoms with Gasteiger partial charge in [-0.25, -0.2) is 4.79 Å². The maximum Gasteiger partial charge on any atom is 0.357 e. The number of hydrogen-bond acceptors (Lipinski definition) is 4. The van der Waals surface area contributed by atoms with Crippen LogP contribution in [0.4, 0.5) is 0 Å². The molecule has 2 rings (SSSR count). The molecule has 1 atom stereocenters. The van der Waals surface area contributed by atoms with E-state index in [0.29, 0.717) is 12.1 Å². The second kappa shape index (κ2) is 5.09. The molecule has 2 N–H and O–H groups in total. The number of carbonyl (C=O) groups is 1. The van der Waals surface area contributed by atoms with Gasteiger partial charge in [0.2, 0.25) is 0 Å². The molecule has 0 aliphatic carbocycles. The second-order valence-electron chi connectivity index (χ2n) is 4.04. The molecule has 0 amide bonds. The van der Waals surface area contributed by atoms with Gasteiger partial charge in [-0.15, -0.1) is 5.06 Å². The number of carbonyl (C=O) groups excluding carboxylic acids is 1. The third-order valence-electron chi connectivity index (χ3n) is 2.64. The minimum atomic E-state index is -0.310. The molecule has 16 heavy (non-hydrogen) atoms. The Morgan fingerprint density at radius 2 is 2.12 bits per heavy atom. The Balaban J connectivity index is 1.92. The minimum absolute atomic E-state index is 0.109. The van der Waals surface area contributed by atoms with Crippen molar-refractivity contribution < 1.29 is 9.63 Å². The summed E-state index contributed by atoms with van der Waals surface area (Å²) in [6, 6.07) is 9.10. The average Bonchev–Trinajstić information content (AvgIpc) is 2.30. The SMILES string of the molecule is N[C@@H]1CCCN(OC(=O)c2ccccc2)C1. The van der Waals surface area contributed by atoms with Crippen LogP contribution in [-0.2, 0) is 4.84 Å². The molecule has 1 heterocycles. The Labute approximate surface area is 94.9 Å². The first-order valence-electron chi connectivity index (χ1n) is 5.53. The first-order chi connectivity index (χ1) is 7.75. The monoisotopic (exact) mass is 220 g/mol. The molecule has 0 saturated carbocycles. The van der Waals surface area contributed by atoms with Crippen LogP contribution in [0.25, 0.3) is 0 Å².